The predicted molar refractivity (Wildman–Crippen MR) is 121 cm³/mol. The second kappa shape index (κ2) is 9.06. The van der Waals surface area contributed by atoms with Gasteiger partial charge in [0.25, 0.3) is 5.91 Å². The van der Waals surface area contributed by atoms with E-state index in [1.807, 2.05) is 6.07 Å². The van der Waals surface area contributed by atoms with Crippen LogP contribution in [0.3, 0.4) is 0 Å². The number of ether oxygens (including phenoxy) is 2. The van der Waals surface area contributed by atoms with Gasteiger partial charge < -0.3 is 19.7 Å². The van der Waals surface area contributed by atoms with Crippen molar-refractivity contribution >= 4 is 29.3 Å². The molecule has 0 radical (unpaired) electrons. The van der Waals surface area contributed by atoms with Gasteiger partial charge in [-0.15, -0.1) is 0 Å². The van der Waals surface area contributed by atoms with Crippen LogP contribution < -0.4 is 10.2 Å². The van der Waals surface area contributed by atoms with Crippen molar-refractivity contribution in [2.24, 2.45) is 0 Å². The van der Waals surface area contributed by atoms with E-state index in [1.54, 1.807) is 41.6 Å². The van der Waals surface area contributed by atoms with E-state index in [-0.39, 0.29) is 25.6 Å². The number of nitrogens with zero attached hydrogens (tertiary/aromatic N) is 4. The maximum atomic E-state index is 13.4. The van der Waals surface area contributed by atoms with Crippen LogP contribution in [0.4, 0.5) is 26.5 Å². The molecule has 1 atom stereocenters. The summed E-state index contributed by atoms with van der Waals surface area (Å²) in [6, 6.07) is 14.4. The molecule has 9 nitrogen and oxygen atoms in total. The summed E-state index contributed by atoms with van der Waals surface area (Å²) in [5, 5.41) is 3.08. The highest BCUT2D eigenvalue weighted by atomic mass is 19.1. The predicted octanol–water partition coefficient (Wildman–Crippen LogP) is 3.23. The molecule has 2 aliphatic heterocycles. The normalized spacial score (nSPS) is 20.2. The number of hydrogen-bond acceptors (Lipinski definition) is 7. The molecule has 3 heterocycles. The Morgan fingerprint density at radius 1 is 1.06 bits per heavy atom. The first-order valence-corrected chi connectivity index (χ1v) is 10.8. The number of anilines is 3. The van der Waals surface area contributed by atoms with E-state index in [4.69, 9.17) is 9.47 Å². The topological polar surface area (TPSA) is 96.9 Å². The number of halogens is 1. The lowest BCUT2D eigenvalue weighted by Gasteiger charge is -2.29. The van der Waals surface area contributed by atoms with E-state index in [1.165, 1.54) is 29.2 Å². The van der Waals surface area contributed by atoms with E-state index in [9.17, 15) is 14.0 Å². The smallest absolute Gasteiger partial charge is 0.415 e. The molecule has 1 aromatic heterocycles. The molecule has 5 rings (SSSR count). The van der Waals surface area contributed by atoms with Crippen LogP contribution in [-0.2, 0) is 9.47 Å². The molecule has 34 heavy (non-hydrogen) atoms. The van der Waals surface area contributed by atoms with Gasteiger partial charge in [0.05, 0.1) is 26.3 Å². The minimum atomic E-state index is -1.02. The van der Waals surface area contributed by atoms with Crippen LogP contribution in [0.1, 0.15) is 10.4 Å². The first-order valence-electron chi connectivity index (χ1n) is 10.8. The summed E-state index contributed by atoms with van der Waals surface area (Å²) in [4.78, 5) is 37.4. The third kappa shape index (κ3) is 4.53. The highest BCUT2D eigenvalue weighted by molar-refractivity contribution is 5.95. The van der Waals surface area contributed by atoms with Crippen molar-refractivity contribution in [1.82, 2.24) is 14.9 Å². The minimum Gasteiger partial charge on any atom is -0.436 e. The lowest BCUT2D eigenvalue weighted by atomic mass is 10.0. The molecule has 2 fully saturated rings. The largest absolute Gasteiger partial charge is 0.436 e. The Bertz CT molecular complexity index is 1190. The maximum Gasteiger partial charge on any atom is 0.415 e. The van der Waals surface area contributed by atoms with Gasteiger partial charge in [-0.05, 0) is 48.5 Å². The molecule has 2 saturated heterocycles. The molecule has 10 heteroatoms. The van der Waals surface area contributed by atoms with Crippen LogP contribution >= 0.6 is 0 Å². The first kappa shape index (κ1) is 21.8. The van der Waals surface area contributed by atoms with Crippen LogP contribution in [0.15, 0.2) is 67.0 Å². The third-order valence-electron chi connectivity index (χ3n) is 5.68. The summed E-state index contributed by atoms with van der Waals surface area (Å²) in [6.45, 7) is 1.20. The molecular weight excluding hydrogens is 441 g/mol. The van der Waals surface area contributed by atoms with Gasteiger partial charge in [0, 0.05) is 35.9 Å². The average Bonchev–Trinajstić information content (AvgIpc) is 3.03. The van der Waals surface area contributed by atoms with E-state index in [2.05, 4.69) is 15.3 Å². The van der Waals surface area contributed by atoms with Crippen molar-refractivity contribution < 1.29 is 23.5 Å². The van der Waals surface area contributed by atoms with E-state index in [0.29, 0.717) is 36.0 Å². The Balaban J connectivity index is 1.33. The highest BCUT2D eigenvalue weighted by Crippen LogP contribution is 2.31. The fourth-order valence-electron chi connectivity index (χ4n) is 4.08. The van der Waals surface area contributed by atoms with E-state index >= 15 is 0 Å². The van der Waals surface area contributed by atoms with Gasteiger partial charge in [-0.25, -0.2) is 19.2 Å². The number of carbonyl (C=O) groups excluding carboxylic acids is 2. The Hall–Kier alpha value is -4.05. The van der Waals surface area contributed by atoms with Gasteiger partial charge in [-0.2, -0.15) is 0 Å². The van der Waals surface area contributed by atoms with Crippen molar-refractivity contribution in [1.29, 1.82) is 0 Å². The molecule has 0 bridgehead atoms. The van der Waals surface area contributed by atoms with Crippen molar-refractivity contribution in [3.63, 3.8) is 0 Å². The minimum absolute atomic E-state index is 0.160. The summed E-state index contributed by atoms with van der Waals surface area (Å²) in [5.41, 5.74) is 0.642. The molecule has 0 aliphatic carbocycles. The lowest BCUT2D eigenvalue weighted by Crippen LogP contribution is -2.49. The fraction of sp³-hybridized carbons (Fsp3) is 0.250. The van der Waals surface area contributed by atoms with Crippen molar-refractivity contribution in [2.75, 3.05) is 43.1 Å². The molecular formula is C24H22FN5O4. The molecule has 2 aromatic carbocycles. The van der Waals surface area contributed by atoms with Crippen LogP contribution in [0, 0.1) is 5.82 Å². The van der Waals surface area contributed by atoms with Crippen LogP contribution in [0.5, 0.6) is 0 Å². The quantitative estimate of drug-likeness (QED) is 0.635. The molecule has 0 unspecified atom stereocenters. The maximum absolute atomic E-state index is 13.4. The van der Waals surface area contributed by atoms with Gasteiger partial charge >= 0.3 is 6.09 Å². The number of aromatic nitrogens is 2. The zero-order valence-electron chi connectivity index (χ0n) is 18.2. The standard InChI is InChI=1S/C24H22FN5O4/c25-18-5-7-20(8-6-18)30-15-24(34-23(30)32)14-29(11-12-33-16-24)21(31)17-3-1-4-19(13-17)28-22-26-9-2-10-27-22/h1-10,13H,11-12,14-16H2,(H,26,27,28)/t24-/m0/s1. The van der Waals surface area contributed by atoms with E-state index in [0.717, 1.165) is 0 Å². The fourth-order valence-corrected chi connectivity index (χ4v) is 4.08. The van der Waals surface area contributed by atoms with Gasteiger partial charge in [0.2, 0.25) is 5.95 Å². The Morgan fingerprint density at radius 2 is 1.85 bits per heavy atom. The monoisotopic (exact) mass is 463 g/mol. The molecule has 3 aromatic rings. The van der Waals surface area contributed by atoms with Gasteiger partial charge in [0.1, 0.15) is 5.82 Å². The second-order valence-electron chi connectivity index (χ2n) is 8.17. The van der Waals surface area contributed by atoms with Crippen molar-refractivity contribution in [3.8, 4) is 0 Å². The molecule has 0 saturated carbocycles. The number of amides is 2. The summed E-state index contributed by atoms with van der Waals surface area (Å²) < 4.78 is 24.8. The highest BCUT2D eigenvalue weighted by Gasteiger charge is 2.49. The lowest BCUT2D eigenvalue weighted by molar-refractivity contribution is -0.0140. The zero-order valence-corrected chi connectivity index (χ0v) is 18.2. The average molecular weight is 463 g/mol. The summed E-state index contributed by atoms with van der Waals surface area (Å²) in [6.07, 6.45) is 2.69. The summed E-state index contributed by atoms with van der Waals surface area (Å²) in [5.74, 6) is -0.178. The molecule has 174 valence electrons. The zero-order chi connectivity index (χ0) is 23.5. The Labute approximate surface area is 195 Å². The SMILES string of the molecule is O=C(c1cccc(Nc2ncccn2)c1)N1CCOC[C@]2(C1)CN(c1ccc(F)cc1)C(=O)O2. The molecule has 1 N–H and O–H groups in total. The van der Waals surface area contributed by atoms with Crippen molar-refractivity contribution in [3.05, 3.63) is 78.4 Å². The number of rotatable bonds is 4. The summed E-state index contributed by atoms with van der Waals surface area (Å²) >= 11 is 0. The summed E-state index contributed by atoms with van der Waals surface area (Å²) in [7, 11) is 0. The molecule has 2 amide bonds. The Kier molecular flexibility index (Phi) is 5.81. The second-order valence-corrected chi connectivity index (χ2v) is 8.17. The first-order chi connectivity index (χ1) is 16.5. The molecule has 2 aliphatic rings. The number of hydrogen-bond donors (Lipinski definition) is 1. The van der Waals surface area contributed by atoms with Crippen LogP contribution in [0.25, 0.3) is 0 Å². The Morgan fingerprint density at radius 3 is 2.65 bits per heavy atom. The number of carbonyl (C=O) groups is 2. The van der Waals surface area contributed by atoms with Crippen molar-refractivity contribution in [2.45, 2.75) is 5.60 Å². The van der Waals surface area contributed by atoms with Gasteiger partial charge in [-0.3, -0.25) is 9.69 Å². The molecule has 1 spiro atoms. The van der Waals surface area contributed by atoms with Gasteiger partial charge in [0.15, 0.2) is 5.60 Å². The van der Waals surface area contributed by atoms with Gasteiger partial charge in [-0.1, -0.05) is 6.07 Å². The van der Waals surface area contributed by atoms with E-state index < -0.39 is 17.5 Å². The van der Waals surface area contributed by atoms with Crippen LogP contribution in [0.2, 0.25) is 0 Å². The van der Waals surface area contributed by atoms with Crippen LogP contribution in [-0.4, -0.2) is 65.3 Å². The number of benzene rings is 2. The third-order valence-corrected chi connectivity index (χ3v) is 5.68. The number of nitrogens with one attached hydrogen (secondary N) is 1.